The van der Waals surface area contributed by atoms with E-state index in [1.54, 1.807) is 24.7 Å². The SMILES string of the molecule is CCN(Cc1ccoc1)CC(O)COc1ccc(F)cc1. The van der Waals surface area contributed by atoms with Crippen LogP contribution in [0.1, 0.15) is 12.5 Å². The summed E-state index contributed by atoms with van der Waals surface area (Å²) in [5.41, 5.74) is 1.07. The normalized spacial score (nSPS) is 12.6. The minimum Gasteiger partial charge on any atom is -0.491 e. The number of benzene rings is 1. The van der Waals surface area contributed by atoms with Crippen molar-refractivity contribution in [1.29, 1.82) is 0 Å². The molecule has 1 aromatic carbocycles. The summed E-state index contributed by atoms with van der Waals surface area (Å²) in [6.07, 6.45) is 2.73. The molecule has 1 unspecified atom stereocenters. The highest BCUT2D eigenvalue weighted by Crippen LogP contribution is 2.12. The van der Waals surface area contributed by atoms with Gasteiger partial charge in [-0.2, -0.15) is 0 Å². The molecule has 0 amide bonds. The van der Waals surface area contributed by atoms with Crippen molar-refractivity contribution in [1.82, 2.24) is 4.90 Å². The first kappa shape index (κ1) is 15.5. The summed E-state index contributed by atoms with van der Waals surface area (Å²) in [6.45, 7) is 4.25. The standard InChI is InChI=1S/C16H20FNO3/c1-2-18(9-13-7-8-20-11-13)10-15(19)12-21-16-5-3-14(17)4-6-16/h3-8,11,15,19H,2,9-10,12H2,1H3. The molecule has 0 saturated carbocycles. The van der Waals surface area contributed by atoms with Crippen LogP contribution in [0.4, 0.5) is 4.39 Å². The van der Waals surface area contributed by atoms with Gasteiger partial charge in [-0.15, -0.1) is 0 Å². The summed E-state index contributed by atoms with van der Waals surface area (Å²) < 4.78 is 23.2. The van der Waals surface area contributed by atoms with E-state index < -0.39 is 6.10 Å². The van der Waals surface area contributed by atoms with Gasteiger partial charge in [0.2, 0.25) is 0 Å². The predicted molar refractivity (Wildman–Crippen MR) is 77.6 cm³/mol. The summed E-state index contributed by atoms with van der Waals surface area (Å²) in [5.74, 6) is 0.244. The van der Waals surface area contributed by atoms with E-state index in [9.17, 15) is 9.50 Å². The fraction of sp³-hybridized carbons (Fsp3) is 0.375. The van der Waals surface area contributed by atoms with Crippen molar-refractivity contribution in [2.24, 2.45) is 0 Å². The van der Waals surface area contributed by atoms with Gasteiger partial charge in [0.15, 0.2) is 0 Å². The van der Waals surface area contributed by atoms with Gasteiger partial charge < -0.3 is 14.3 Å². The van der Waals surface area contributed by atoms with Crippen molar-refractivity contribution in [3.8, 4) is 5.75 Å². The number of halogens is 1. The number of hydrogen-bond donors (Lipinski definition) is 1. The highest BCUT2D eigenvalue weighted by Gasteiger charge is 2.12. The Morgan fingerprint density at radius 3 is 2.67 bits per heavy atom. The third-order valence-corrected chi connectivity index (χ3v) is 3.16. The average Bonchev–Trinajstić information content (AvgIpc) is 2.99. The van der Waals surface area contributed by atoms with E-state index in [1.165, 1.54) is 12.1 Å². The lowest BCUT2D eigenvalue weighted by atomic mass is 10.2. The van der Waals surface area contributed by atoms with E-state index in [0.29, 0.717) is 12.3 Å². The van der Waals surface area contributed by atoms with Gasteiger partial charge >= 0.3 is 0 Å². The third kappa shape index (κ3) is 5.21. The minimum atomic E-state index is -0.609. The van der Waals surface area contributed by atoms with Crippen molar-refractivity contribution < 1.29 is 18.7 Å². The molecule has 4 nitrogen and oxygen atoms in total. The van der Waals surface area contributed by atoms with Gasteiger partial charge in [-0.05, 0) is 36.9 Å². The van der Waals surface area contributed by atoms with Gasteiger partial charge in [-0.1, -0.05) is 6.92 Å². The second-order valence-corrected chi connectivity index (χ2v) is 4.88. The van der Waals surface area contributed by atoms with Crippen molar-refractivity contribution in [3.05, 3.63) is 54.2 Å². The Morgan fingerprint density at radius 1 is 1.29 bits per heavy atom. The zero-order valence-electron chi connectivity index (χ0n) is 12.0. The third-order valence-electron chi connectivity index (χ3n) is 3.16. The first-order valence-corrected chi connectivity index (χ1v) is 6.97. The summed E-state index contributed by atoms with van der Waals surface area (Å²) in [4.78, 5) is 2.10. The van der Waals surface area contributed by atoms with Crippen LogP contribution in [-0.2, 0) is 6.54 Å². The molecule has 114 valence electrons. The number of furan rings is 1. The number of ether oxygens (including phenoxy) is 1. The molecule has 0 fully saturated rings. The van der Waals surface area contributed by atoms with Gasteiger partial charge in [-0.25, -0.2) is 4.39 Å². The lowest BCUT2D eigenvalue weighted by Gasteiger charge is -2.23. The van der Waals surface area contributed by atoms with E-state index in [2.05, 4.69) is 4.90 Å². The Kier molecular flexibility index (Phi) is 5.78. The summed E-state index contributed by atoms with van der Waals surface area (Å²) >= 11 is 0. The largest absolute Gasteiger partial charge is 0.491 e. The second-order valence-electron chi connectivity index (χ2n) is 4.88. The molecule has 0 radical (unpaired) electrons. The lowest BCUT2D eigenvalue weighted by Crippen LogP contribution is -2.35. The molecular formula is C16H20FNO3. The van der Waals surface area contributed by atoms with E-state index >= 15 is 0 Å². The molecule has 0 saturated heterocycles. The molecule has 0 aliphatic heterocycles. The van der Waals surface area contributed by atoms with Crippen LogP contribution in [0.25, 0.3) is 0 Å². The Morgan fingerprint density at radius 2 is 2.05 bits per heavy atom. The zero-order valence-corrected chi connectivity index (χ0v) is 12.0. The van der Waals surface area contributed by atoms with Crippen LogP contribution < -0.4 is 4.74 Å². The van der Waals surface area contributed by atoms with E-state index in [-0.39, 0.29) is 12.4 Å². The molecule has 0 aliphatic rings. The molecule has 1 N–H and O–H groups in total. The van der Waals surface area contributed by atoms with E-state index in [0.717, 1.165) is 18.7 Å². The maximum atomic E-state index is 12.8. The van der Waals surface area contributed by atoms with Gasteiger partial charge in [-0.3, -0.25) is 4.90 Å². The molecule has 0 spiro atoms. The summed E-state index contributed by atoms with van der Waals surface area (Å²) in [7, 11) is 0. The minimum absolute atomic E-state index is 0.174. The number of aliphatic hydroxyl groups excluding tert-OH is 1. The first-order valence-electron chi connectivity index (χ1n) is 6.97. The molecular weight excluding hydrogens is 273 g/mol. The molecule has 1 aromatic heterocycles. The van der Waals surface area contributed by atoms with E-state index in [1.807, 2.05) is 13.0 Å². The number of likely N-dealkylation sites (N-methyl/N-ethyl adjacent to an activating group) is 1. The number of hydrogen-bond acceptors (Lipinski definition) is 4. The van der Waals surface area contributed by atoms with Crippen molar-refractivity contribution >= 4 is 0 Å². The first-order chi connectivity index (χ1) is 10.2. The average molecular weight is 293 g/mol. The lowest BCUT2D eigenvalue weighted by molar-refractivity contribution is 0.0674. The fourth-order valence-electron chi connectivity index (χ4n) is 2.02. The van der Waals surface area contributed by atoms with Crippen LogP contribution in [0.15, 0.2) is 47.3 Å². The Balaban J connectivity index is 1.76. The van der Waals surface area contributed by atoms with Crippen LogP contribution in [0, 0.1) is 5.82 Å². The molecule has 21 heavy (non-hydrogen) atoms. The maximum absolute atomic E-state index is 12.8. The van der Waals surface area contributed by atoms with Crippen LogP contribution in [0.2, 0.25) is 0 Å². The highest BCUT2D eigenvalue weighted by atomic mass is 19.1. The monoisotopic (exact) mass is 293 g/mol. The maximum Gasteiger partial charge on any atom is 0.123 e. The van der Waals surface area contributed by atoms with E-state index in [4.69, 9.17) is 9.15 Å². The summed E-state index contributed by atoms with van der Waals surface area (Å²) in [5, 5.41) is 10.0. The molecule has 5 heteroatoms. The summed E-state index contributed by atoms with van der Waals surface area (Å²) in [6, 6.07) is 7.66. The quantitative estimate of drug-likeness (QED) is 0.813. The Hall–Kier alpha value is -1.85. The highest BCUT2D eigenvalue weighted by molar-refractivity contribution is 5.22. The van der Waals surface area contributed by atoms with Crippen molar-refractivity contribution in [3.63, 3.8) is 0 Å². The molecule has 0 aliphatic carbocycles. The number of aliphatic hydroxyl groups is 1. The van der Waals surface area contributed by atoms with Crippen LogP contribution >= 0.6 is 0 Å². The molecule has 2 aromatic rings. The van der Waals surface area contributed by atoms with Crippen molar-refractivity contribution in [2.75, 3.05) is 19.7 Å². The van der Waals surface area contributed by atoms with Gasteiger partial charge in [0.1, 0.15) is 24.3 Å². The Labute approximate surface area is 123 Å². The van der Waals surface area contributed by atoms with Crippen LogP contribution in [-0.4, -0.2) is 35.8 Å². The Bertz CT molecular complexity index is 513. The molecule has 1 heterocycles. The zero-order chi connectivity index (χ0) is 15.1. The van der Waals surface area contributed by atoms with Gasteiger partial charge in [0, 0.05) is 18.7 Å². The predicted octanol–water partition coefficient (Wildman–Crippen LogP) is 2.68. The topological polar surface area (TPSA) is 45.8 Å². The van der Waals surface area contributed by atoms with Gasteiger partial charge in [0.05, 0.1) is 12.5 Å². The number of rotatable bonds is 8. The van der Waals surface area contributed by atoms with Crippen LogP contribution in [0.5, 0.6) is 5.75 Å². The molecule has 0 bridgehead atoms. The number of nitrogens with zero attached hydrogens (tertiary/aromatic N) is 1. The molecule has 2 rings (SSSR count). The molecule has 1 atom stereocenters. The smallest absolute Gasteiger partial charge is 0.123 e. The van der Waals surface area contributed by atoms with Crippen LogP contribution in [0.3, 0.4) is 0 Å². The fourth-order valence-corrected chi connectivity index (χ4v) is 2.02. The second kappa shape index (κ2) is 7.81. The van der Waals surface area contributed by atoms with Crippen molar-refractivity contribution in [2.45, 2.75) is 19.6 Å². The van der Waals surface area contributed by atoms with Gasteiger partial charge in [0.25, 0.3) is 0 Å².